The van der Waals surface area contributed by atoms with Crippen molar-refractivity contribution < 1.29 is 32.0 Å². The van der Waals surface area contributed by atoms with Gasteiger partial charge in [-0.3, -0.25) is 4.79 Å². The zero-order chi connectivity index (χ0) is 24.2. The molecule has 0 radical (unpaired) electrons. The first-order valence-corrected chi connectivity index (χ1v) is 10.7. The van der Waals surface area contributed by atoms with Crippen LogP contribution < -0.4 is 15.5 Å². The maximum absolute atomic E-state index is 13.7. The first-order chi connectivity index (χ1) is 15.4. The second-order valence-electron chi connectivity index (χ2n) is 9.34. The Balaban J connectivity index is 1.69. The van der Waals surface area contributed by atoms with Crippen LogP contribution in [0.25, 0.3) is 0 Å². The molecule has 1 fully saturated rings. The highest BCUT2D eigenvalue weighted by atomic mass is 19.4. The summed E-state index contributed by atoms with van der Waals surface area (Å²) >= 11 is 0. The van der Waals surface area contributed by atoms with Crippen molar-refractivity contribution >= 4 is 24.7 Å². The number of aromatic nitrogens is 1. The van der Waals surface area contributed by atoms with E-state index >= 15 is 0 Å². The van der Waals surface area contributed by atoms with Crippen LogP contribution in [-0.2, 0) is 21.9 Å². The minimum atomic E-state index is -4.69. The number of anilines is 1. The van der Waals surface area contributed by atoms with E-state index in [1.54, 1.807) is 0 Å². The molecule has 6 nitrogen and oxygen atoms in total. The molecule has 2 aliphatic rings. The molecule has 1 aromatic heterocycles. The van der Waals surface area contributed by atoms with E-state index in [-0.39, 0.29) is 17.3 Å². The first kappa shape index (κ1) is 23.6. The molecule has 1 N–H and O–H groups in total. The smallest absolute Gasteiger partial charge is 0.480 e. The number of fused-ring (bicyclic) bond motifs is 1. The summed E-state index contributed by atoms with van der Waals surface area (Å²) in [5.74, 6) is -0.534. The van der Waals surface area contributed by atoms with E-state index in [1.807, 2.05) is 45.9 Å². The molecule has 2 heterocycles. The van der Waals surface area contributed by atoms with E-state index in [2.05, 4.69) is 10.3 Å². The second kappa shape index (κ2) is 8.02. The maximum atomic E-state index is 13.7. The van der Waals surface area contributed by atoms with Gasteiger partial charge in [0, 0.05) is 0 Å². The maximum Gasteiger partial charge on any atom is 0.495 e. The summed E-state index contributed by atoms with van der Waals surface area (Å²) in [6.45, 7) is 7.89. The number of alkyl halides is 3. The third-order valence-electron chi connectivity index (χ3n) is 6.77. The molecule has 1 aliphatic carbocycles. The number of hydrogen-bond acceptors (Lipinski definition) is 6. The zero-order valence-electron chi connectivity index (χ0n) is 19.2. The zero-order valence-corrected chi connectivity index (χ0v) is 19.2. The molecule has 1 aromatic carbocycles. The summed E-state index contributed by atoms with van der Waals surface area (Å²) in [4.78, 5) is 15.2. The van der Waals surface area contributed by atoms with Gasteiger partial charge in [0.05, 0.1) is 35.5 Å². The number of hydrogen-bond donors (Lipinski definition) is 1. The Morgan fingerprint density at radius 3 is 2.45 bits per heavy atom. The van der Waals surface area contributed by atoms with Gasteiger partial charge >= 0.3 is 13.3 Å². The number of benzene rings is 1. The number of carbonyl (C=O) groups excluding carboxylic acids is 1. The SMILES string of the molecule is COc1nc(N[C@H]2CCc3c(B4OC(C)(C)C(C)(C)O4)cccc32)c(C(F)(F)F)cc1C=O. The van der Waals surface area contributed by atoms with Crippen LogP contribution in [0.5, 0.6) is 5.88 Å². The molecule has 1 aliphatic heterocycles. The highest BCUT2D eigenvalue weighted by Gasteiger charge is 2.52. The predicted molar refractivity (Wildman–Crippen MR) is 118 cm³/mol. The second-order valence-corrected chi connectivity index (χ2v) is 9.34. The van der Waals surface area contributed by atoms with Gasteiger partial charge in [0.1, 0.15) is 5.82 Å². The van der Waals surface area contributed by atoms with Gasteiger partial charge in [-0.15, -0.1) is 0 Å². The number of halogens is 3. The van der Waals surface area contributed by atoms with Crippen LogP contribution in [0.15, 0.2) is 24.3 Å². The first-order valence-electron chi connectivity index (χ1n) is 10.7. The lowest BCUT2D eigenvalue weighted by Gasteiger charge is -2.32. The Hall–Kier alpha value is -2.59. The van der Waals surface area contributed by atoms with E-state index in [0.717, 1.165) is 22.7 Å². The van der Waals surface area contributed by atoms with E-state index < -0.39 is 36.1 Å². The molecule has 0 bridgehead atoms. The number of nitrogens with zero attached hydrogens (tertiary/aromatic N) is 1. The fourth-order valence-electron chi connectivity index (χ4n) is 4.27. The molecule has 1 saturated heterocycles. The minimum absolute atomic E-state index is 0.162. The molecule has 0 saturated carbocycles. The summed E-state index contributed by atoms with van der Waals surface area (Å²) in [6, 6.07) is 6.04. The van der Waals surface area contributed by atoms with Crippen LogP contribution in [0.3, 0.4) is 0 Å². The highest BCUT2D eigenvalue weighted by molar-refractivity contribution is 6.62. The van der Waals surface area contributed by atoms with Crippen molar-refractivity contribution in [3.63, 3.8) is 0 Å². The average molecular weight is 462 g/mol. The van der Waals surface area contributed by atoms with Crippen LogP contribution >= 0.6 is 0 Å². The van der Waals surface area contributed by atoms with Crippen molar-refractivity contribution in [3.05, 3.63) is 46.5 Å². The largest absolute Gasteiger partial charge is 0.495 e. The monoisotopic (exact) mass is 462 g/mol. The summed E-state index contributed by atoms with van der Waals surface area (Å²) in [7, 11) is 0.702. The third kappa shape index (κ3) is 4.10. The quantitative estimate of drug-likeness (QED) is 0.528. The third-order valence-corrected chi connectivity index (χ3v) is 6.77. The predicted octanol–water partition coefficient (Wildman–Crippen LogP) is 4.32. The number of nitrogens with one attached hydrogen (secondary N) is 1. The van der Waals surface area contributed by atoms with Crippen LogP contribution in [-0.4, -0.2) is 36.7 Å². The van der Waals surface area contributed by atoms with Crippen LogP contribution in [0.2, 0.25) is 0 Å². The molecular formula is C23H26BF3N2O4. The summed E-state index contributed by atoms with van der Waals surface area (Å²) in [5.41, 5.74) is 0.478. The van der Waals surface area contributed by atoms with E-state index in [1.165, 1.54) is 7.11 Å². The number of aldehydes is 1. The Kier molecular flexibility index (Phi) is 5.73. The van der Waals surface area contributed by atoms with Crippen LogP contribution in [0.1, 0.15) is 67.2 Å². The summed E-state index contributed by atoms with van der Waals surface area (Å²) < 4.78 is 58.6. The molecule has 4 rings (SSSR count). The molecule has 176 valence electrons. The topological polar surface area (TPSA) is 69.7 Å². The van der Waals surface area contributed by atoms with Crippen molar-refractivity contribution in [1.29, 1.82) is 0 Å². The Morgan fingerprint density at radius 1 is 1.21 bits per heavy atom. The van der Waals surface area contributed by atoms with Crippen molar-refractivity contribution in [2.45, 2.75) is 64.0 Å². The van der Waals surface area contributed by atoms with Gasteiger partial charge in [0.15, 0.2) is 6.29 Å². The summed E-state index contributed by atoms with van der Waals surface area (Å²) in [5, 5.41) is 2.94. The standard InChI is InChI=1S/C23H26BF3N2O4/c1-21(2)22(3,4)33-24(32-21)17-8-6-7-15-14(17)9-10-18(15)28-19-16(23(25,26)27)11-13(12-30)20(29-19)31-5/h6-8,11-12,18H,9-10H2,1-5H3,(H,28,29)/t18-/m0/s1. The molecular weight excluding hydrogens is 436 g/mol. The number of rotatable bonds is 5. The normalized spacial score (nSPS) is 21.1. The molecule has 10 heteroatoms. The lowest BCUT2D eigenvalue weighted by molar-refractivity contribution is -0.137. The molecule has 0 unspecified atom stereocenters. The molecule has 33 heavy (non-hydrogen) atoms. The number of pyridine rings is 1. The van der Waals surface area contributed by atoms with E-state index in [0.29, 0.717) is 19.1 Å². The van der Waals surface area contributed by atoms with Gasteiger partial charge in [0.25, 0.3) is 0 Å². The Morgan fingerprint density at radius 2 is 1.88 bits per heavy atom. The molecule has 2 aromatic rings. The fraction of sp³-hybridized carbons (Fsp3) is 0.478. The van der Waals surface area contributed by atoms with Crippen LogP contribution in [0.4, 0.5) is 19.0 Å². The number of carbonyl (C=O) groups is 1. The fourth-order valence-corrected chi connectivity index (χ4v) is 4.27. The molecule has 0 amide bonds. The molecule has 0 spiro atoms. The van der Waals surface area contributed by atoms with Crippen LogP contribution in [0, 0.1) is 0 Å². The lowest BCUT2D eigenvalue weighted by atomic mass is 9.75. The van der Waals surface area contributed by atoms with Gasteiger partial charge < -0.3 is 19.4 Å². The van der Waals surface area contributed by atoms with Gasteiger partial charge in [-0.25, -0.2) is 0 Å². The van der Waals surface area contributed by atoms with Gasteiger partial charge in [0.2, 0.25) is 5.88 Å². The number of methoxy groups -OCH3 is 1. The summed E-state index contributed by atoms with van der Waals surface area (Å²) in [6.07, 6.45) is -3.17. The van der Waals surface area contributed by atoms with E-state index in [9.17, 15) is 18.0 Å². The lowest BCUT2D eigenvalue weighted by Crippen LogP contribution is -2.41. The highest BCUT2D eigenvalue weighted by Crippen LogP contribution is 2.41. The van der Waals surface area contributed by atoms with E-state index in [4.69, 9.17) is 14.0 Å². The van der Waals surface area contributed by atoms with Crippen molar-refractivity contribution in [2.75, 3.05) is 12.4 Å². The van der Waals surface area contributed by atoms with Crippen molar-refractivity contribution in [1.82, 2.24) is 4.98 Å². The average Bonchev–Trinajstić information content (AvgIpc) is 3.23. The van der Waals surface area contributed by atoms with Crippen molar-refractivity contribution in [3.8, 4) is 5.88 Å². The Labute approximate surface area is 191 Å². The Bertz CT molecular complexity index is 1070. The number of ether oxygens (including phenoxy) is 1. The minimum Gasteiger partial charge on any atom is -0.480 e. The van der Waals surface area contributed by atoms with Gasteiger partial charge in [-0.1, -0.05) is 18.2 Å². The van der Waals surface area contributed by atoms with Gasteiger partial charge in [-0.05, 0) is 63.2 Å². The molecule has 1 atom stereocenters. The van der Waals surface area contributed by atoms with Crippen molar-refractivity contribution in [2.24, 2.45) is 0 Å². The van der Waals surface area contributed by atoms with Gasteiger partial charge in [-0.2, -0.15) is 18.2 Å².